The number of pyridine rings is 1. The highest BCUT2D eigenvalue weighted by Gasteiger charge is 2.23. The molecule has 2 fully saturated rings. The van der Waals surface area contributed by atoms with Crippen LogP contribution in [0.3, 0.4) is 0 Å². The first-order valence-electron chi connectivity index (χ1n) is 13.1. The van der Waals surface area contributed by atoms with Crippen LogP contribution in [0.1, 0.15) is 43.4 Å². The number of nitrogens with zero attached hydrogens (tertiary/aromatic N) is 3. The van der Waals surface area contributed by atoms with Crippen LogP contribution in [0, 0.1) is 18.8 Å². The summed E-state index contributed by atoms with van der Waals surface area (Å²) in [5, 5.41) is 8.28. The zero-order valence-electron chi connectivity index (χ0n) is 21.5. The second-order valence-electron chi connectivity index (χ2n) is 10.0. The van der Waals surface area contributed by atoms with Crippen molar-refractivity contribution in [2.45, 2.75) is 52.0 Å². The second kappa shape index (κ2) is 12.4. The lowest BCUT2D eigenvalue weighted by Crippen LogP contribution is -2.37. The topological polar surface area (TPSA) is 72.5 Å². The Bertz CT molecular complexity index is 1130. The van der Waals surface area contributed by atoms with E-state index in [4.69, 9.17) is 9.26 Å². The van der Waals surface area contributed by atoms with E-state index in [-0.39, 0.29) is 5.56 Å². The van der Waals surface area contributed by atoms with Crippen LogP contribution in [-0.2, 0) is 13.0 Å². The number of aromatic nitrogens is 2. The van der Waals surface area contributed by atoms with Crippen LogP contribution in [0.5, 0.6) is 5.75 Å². The van der Waals surface area contributed by atoms with Gasteiger partial charge in [-0.25, -0.2) is 0 Å². The van der Waals surface area contributed by atoms with Crippen LogP contribution in [0.15, 0.2) is 45.8 Å². The Morgan fingerprint density at radius 3 is 2.54 bits per heavy atom. The summed E-state index contributed by atoms with van der Waals surface area (Å²) in [5.41, 5.74) is 3.09. The van der Waals surface area contributed by atoms with Gasteiger partial charge < -0.3 is 24.0 Å². The molecule has 7 nitrogen and oxygen atoms in total. The molecule has 0 amide bonds. The predicted octanol–water partition coefficient (Wildman–Crippen LogP) is 4.27. The molecule has 1 saturated carbocycles. The Balaban J connectivity index is 0.000000917. The van der Waals surface area contributed by atoms with Crippen molar-refractivity contribution in [2.24, 2.45) is 11.8 Å². The van der Waals surface area contributed by atoms with Crippen LogP contribution in [0.2, 0.25) is 0 Å². The van der Waals surface area contributed by atoms with Crippen LogP contribution < -0.4 is 15.6 Å². The molecule has 0 radical (unpaired) electrons. The summed E-state index contributed by atoms with van der Waals surface area (Å²) in [5.74, 6) is 2.39. The molecule has 1 aromatic carbocycles. The molecular weight excluding hydrogens is 440 g/mol. The molecule has 0 spiro atoms. The highest BCUT2D eigenvalue weighted by molar-refractivity contribution is 5.84. The third kappa shape index (κ3) is 6.95. The Morgan fingerprint density at radius 2 is 1.83 bits per heavy atom. The maximum atomic E-state index is 11.9. The maximum Gasteiger partial charge on any atom is 0.250 e. The van der Waals surface area contributed by atoms with Crippen molar-refractivity contribution >= 4 is 11.0 Å². The van der Waals surface area contributed by atoms with Gasteiger partial charge in [-0.3, -0.25) is 4.79 Å². The van der Waals surface area contributed by atoms with Crippen molar-refractivity contribution in [3.05, 3.63) is 58.1 Å². The van der Waals surface area contributed by atoms with Gasteiger partial charge in [0.05, 0.1) is 12.3 Å². The average Bonchev–Trinajstić information content (AvgIpc) is 3.61. The van der Waals surface area contributed by atoms with Crippen LogP contribution in [0.25, 0.3) is 11.0 Å². The number of aryl methyl sites for hydroxylation is 2. The van der Waals surface area contributed by atoms with Crippen molar-refractivity contribution in [2.75, 3.05) is 40.3 Å². The van der Waals surface area contributed by atoms with Crippen molar-refractivity contribution in [1.29, 1.82) is 0 Å². The van der Waals surface area contributed by atoms with Crippen molar-refractivity contribution < 1.29 is 9.26 Å². The molecule has 2 aliphatic rings. The van der Waals surface area contributed by atoms with Gasteiger partial charge in [0.2, 0.25) is 0 Å². The molecule has 0 atom stereocenters. The number of fused-ring (bicyclic) bond motifs is 1. The minimum Gasteiger partial charge on any atom is -0.493 e. The minimum absolute atomic E-state index is 0.0825. The fourth-order valence-electron chi connectivity index (χ4n) is 4.73. The molecular formula is C28H40N4O3. The first-order valence-corrected chi connectivity index (χ1v) is 13.1. The van der Waals surface area contributed by atoms with Crippen LogP contribution in [-0.4, -0.2) is 55.0 Å². The molecule has 1 saturated heterocycles. The molecule has 1 aliphatic heterocycles. The lowest BCUT2D eigenvalue weighted by molar-refractivity contribution is 0.173. The zero-order valence-corrected chi connectivity index (χ0v) is 21.5. The molecule has 0 bridgehead atoms. The van der Waals surface area contributed by atoms with E-state index >= 15 is 0 Å². The van der Waals surface area contributed by atoms with Gasteiger partial charge in [0.1, 0.15) is 5.75 Å². The molecule has 0 unspecified atom stereocenters. The molecule has 3 heterocycles. The number of hydrogen-bond acceptors (Lipinski definition) is 6. The van der Waals surface area contributed by atoms with Gasteiger partial charge in [-0.05, 0) is 103 Å². The molecule has 2 aromatic heterocycles. The molecule has 190 valence electrons. The summed E-state index contributed by atoms with van der Waals surface area (Å²) in [6.07, 6.45) is 8.97. The summed E-state index contributed by atoms with van der Waals surface area (Å²) >= 11 is 0. The highest BCUT2D eigenvalue weighted by Crippen LogP contribution is 2.34. The third-order valence-electron chi connectivity index (χ3n) is 7.14. The lowest BCUT2D eigenvalue weighted by Gasteiger charge is -2.32. The highest BCUT2D eigenvalue weighted by atomic mass is 16.5. The number of ether oxygens (including phenoxy) is 1. The van der Waals surface area contributed by atoms with Gasteiger partial charge in [0.15, 0.2) is 5.58 Å². The standard InChI is InChI=1S/C26H33N3O3.C2H7N/c1-19-24(31-18-21-5-6-21)10-8-22-23(27-32-26(19)22)9-7-20-11-14-28(15-12-20)16-17-29-13-3-2-4-25(29)30;1-3-2/h2-4,8,10,13,20-21H,5-7,9,11-12,14-18H2,1H3;3H,1-2H3. The van der Waals surface area contributed by atoms with E-state index in [0.717, 1.165) is 85.4 Å². The summed E-state index contributed by atoms with van der Waals surface area (Å²) in [6.45, 7) is 6.79. The summed E-state index contributed by atoms with van der Waals surface area (Å²) in [6, 6.07) is 9.54. The van der Waals surface area contributed by atoms with E-state index in [1.54, 1.807) is 16.7 Å². The van der Waals surface area contributed by atoms with E-state index in [9.17, 15) is 4.79 Å². The van der Waals surface area contributed by atoms with Crippen molar-refractivity contribution in [1.82, 2.24) is 19.9 Å². The molecule has 3 aromatic rings. The average molecular weight is 481 g/mol. The Kier molecular flexibility index (Phi) is 8.99. The third-order valence-corrected chi connectivity index (χ3v) is 7.14. The Morgan fingerprint density at radius 1 is 1.06 bits per heavy atom. The predicted molar refractivity (Wildman–Crippen MR) is 140 cm³/mol. The number of piperidine rings is 1. The second-order valence-corrected chi connectivity index (χ2v) is 10.0. The van der Waals surface area contributed by atoms with Crippen molar-refractivity contribution in [3.8, 4) is 5.75 Å². The number of benzene rings is 1. The zero-order chi connectivity index (χ0) is 24.6. The van der Waals surface area contributed by atoms with Gasteiger partial charge in [0.25, 0.3) is 5.56 Å². The van der Waals surface area contributed by atoms with Crippen LogP contribution in [0.4, 0.5) is 0 Å². The van der Waals surface area contributed by atoms with E-state index < -0.39 is 0 Å². The van der Waals surface area contributed by atoms with Gasteiger partial charge in [-0.15, -0.1) is 0 Å². The smallest absolute Gasteiger partial charge is 0.250 e. The van der Waals surface area contributed by atoms with E-state index in [1.165, 1.54) is 25.7 Å². The van der Waals surface area contributed by atoms with Gasteiger partial charge in [-0.2, -0.15) is 0 Å². The number of rotatable bonds is 9. The van der Waals surface area contributed by atoms with E-state index in [1.807, 2.05) is 26.4 Å². The largest absolute Gasteiger partial charge is 0.493 e. The van der Waals surface area contributed by atoms with Gasteiger partial charge in [0, 0.05) is 36.3 Å². The van der Waals surface area contributed by atoms with Crippen molar-refractivity contribution in [3.63, 3.8) is 0 Å². The number of hydrogen-bond donors (Lipinski definition) is 1. The molecule has 7 heteroatoms. The summed E-state index contributed by atoms with van der Waals surface area (Å²) < 4.78 is 13.5. The minimum atomic E-state index is 0.0825. The van der Waals surface area contributed by atoms with E-state index in [0.29, 0.717) is 0 Å². The fourth-order valence-corrected chi connectivity index (χ4v) is 4.73. The van der Waals surface area contributed by atoms with Gasteiger partial charge in [-0.1, -0.05) is 11.2 Å². The Labute approximate surface area is 208 Å². The Hall–Kier alpha value is -2.64. The van der Waals surface area contributed by atoms with Gasteiger partial charge >= 0.3 is 0 Å². The fraction of sp³-hybridized carbons (Fsp3) is 0.571. The maximum absolute atomic E-state index is 11.9. The summed E-state index contributed by atoms with van der Waals surface area (Å²) in [7, 11) is 3.75. The lowest BCUT2D eigenvalue weighted by atomic mass is 9.91. The molecule has 35 heavy (non-hydrogen) atoms. The first kappa shape index (κ1) is 25.5. The quantitative estimate of drug-likeness (QED) is 0.493. The number of likely N-dealkylation sites (tertiary alicyclic amines) is 1. The summed E-state index contributed by atoms with van der Waals surface area (Å²) in [4.78, 5) is 14.3. The monoisotopic (exact) mass is 480 g/mol. The first-order chi connectivity index (χ1) is 17.1. The normalized spacial score (nSPS) is 16.8. The molecule has 1 N–H and O–H groups in total. The number of nitrogens with one attached hydrogen (secondary N) is 1. The molecule has 1 aliphatic carbocycles. The van der Waals surface area contributed by atoms with E-state index in [2.05, 4.69) is 34.4 Å². The molecule has 5 rings (SSSR count). The SMILES string of the molecule is CNC.Cc1c(OCC2CC2)ccc2c(CCC3CCN(CCn4ccccc4=O)CC3)noc12. The van der Waals surface area contributed by atoms with Crippen LogP contribution >= 0.6 is 0 Å².